The van der Waals surface area contributed by atoms with Gasteiger partial charge in [-0.1, -0.05) is 6.42 Å². The molecule has 3 N–H and O–H groups in total. The monoisotopic (exact) mass is 271 g/mol. The summed E-state index contributed by atoms with van der Waals surface area (Å²) >= 11 is 2.03. The third-order valence-electron chi connectivity index (χ3n) is 3.81. The van der Waals surface area contributed by atoms with Crippen molar-refractivity contribution in [3.05, 3.63) is 0 Å². The number of hydrogen-bond donors (Lipinski definition) is 3. The number of rotatable bonds is 4. The first-order chi connectivity index (χ1) is 8.84. The van der Waals surface area contributed by atoms with Crippen LogP contribution in [-0.4, -0.2) is 43.2 Å². The molecule has 18 heavy (non-hydrogen) atoms. The van der Waals surface area contributed by atoms with Crippen molar-refractivity contribution in [1.82, 2.24) is 16.0 Å². The van der Waals surface area contributed by atoms with Crippen LogP contribution in [0.2, 0.25) is 0 Å². The summed E-state index contributed by atoms with van der Waals surface area (Å²) in [5, 5.41) is 9.41. The van der Waals surface area contributed by atoms with Gasteiger partial charge in [-0.2, -0.15) is 11.8 Å². The molecule has 0 saturated carbocycles. The van der Waals surface area contributed by atoms with Crippen molar-refractivity contribution < 1.29 is 4.79 Å². The maximum atomic E-state index is 11.7. The molecule has 0 aromatic carbocycles. The second-order valence-corrected chi connectivity index (χ2v) is 6.52. The number of piperidine rings is 1. The Bertz CT molecular complexity index is 227. The van der Waals surface area contributed by atoms with E-state index in [1.807, 2.05) is 11.8 Å². The highest BCUT2D eigenvalue weighted by atomic mass is 32.2. The summed E-state index contributed by atoms with van der Waals surface area (Å²) in [6, 6.07) is 0.469. The standard InChI is InChI=1S/C13H25N3OS/c17-13(15-9-11-4-7-18-8-5-11)16-10-12-3-1-2-6-14-12/h11-12,14H,1-10H2,(H2,15,16,17). The van der Waals surface area contributed by atoms with Crippen LogP contribution in [0, 0.1) is 5.92 Å². The van der Waals surface area contributed by atoms with E-state index in [2.05, 4.69) is 16.0 Å². The third-order valence-corrected chi connectivity index (χ3v) is 4.86. The Morgan fingerprint density at radius 1 is 1.11 bits per heavy atom. The lowest BCUT2D eigenvalue weighted by Gasteiger charge is -2.24. The fraction of sp³-hybridized carbons (Fsp3) is 0.923. The molecule has 0 aromatic rings. The van der Waals surface area contributed by atoms with E-state index in [0.29, 0.717) is 12.0 Å². The molecule has 0 radical (unpaired) electrons. The van der Waals surface area contributed by atoms with Gasteiger partial charge in [-0.05, 0) is 49.7 Å². The average molecular weight is 271 g/mol. The zero-order valence-corrected chi connectivity index (χ0v) is 11.9. The van der Waals surface area contributed by atoms with Gasteiger partial charge in [0.25, 0.3) is 0 Å². The Morgan fingerprint density at radius 2 is 1.89 bits per heavy atom. The summed E-state index contributed by atoms with van der Waals surface area (Å²) in [7, 11) is 0. The Morgan fingerprint density at radius 3 is 2.61 bits per heavy atom. The van der Waals surface area contributed by atoms with E-state index in [4.69, 9.17) is 0 Å². The lowest BCUT2D eigenvalue weighted by atomic mass is 10.0. The minimum Gasteiger partial charge on any atom is -0.338 e. The molecule has 1 atom stereocenters. The third kappa shape index (κ3) is 5.06. The number of urea groups is 1. The van der Waals surface area contributed by atoms with E-state index in [-0.39, 0.29) is 6.03 Å². The van der Waals surface area contributed by atoms with E-state index >= 15 is 0 Å². The van der Waals surface area contributed by atoms with Gasteiger partial charge in [0.15, 0.2) is 0 Å². The van der Waals surface area contributed by atoms with Crippen LogP contribution in [0.25, 0.3) is 0 Å². The molecule has 0 bridgehead atoms. The SMILES string of the molecule is O=C(NCC1CCSCC1)NCC1CCCCN1. The summed E-state index contributed by atoms with van der Waals surface area (Å²) in [6.45, 7) is 2.69. The van der Waals surface area contributed by atoms with Gasteiger partial charge in [0.05, 0.1) is 0 Å². The predicted octanol–water partition coefficient (Wildman–Crippen LogP) is 1.57. The molecule has 4 nitrogen and oxygen atoms in total. The van der Waals surface area contributed by atoms with Crippen LogP contribution in [0.4, 0.5) is 4.79 Å². The molecule has 2 aliphatic rings. The van der Waals surface area contributed by atoms with E-state index in [1.165, 1.54) is 43.6 Å². The van der Waals surface area contributed by atoms with E-state index in [9.17, 15) is 4.79 Å². The molecule has 0 aliphatic carbocycles. The normalized spacial score (nSPS) is 25.7. The van der Waals surface area contributed by atoms with Crippen LogP contribution in [0.15, 0.2) is 0 Å². The van der Waals surface area contributed by atoms with Gasteiger partial charge in [0.2, 0.25) is 0 Å². The smallest absolute Gasteiger partial charge is 0.314 e. The second-order valence-electron chi connectivity index (χ2n) is 5.29. The minimum absolute atomic E-state index is 0.000556. The van der Waals surface area contributed by atoms with E-state index in [1.54, 1.807) is 0 Å². The van der Waals surface area contributed by atoms with Gasteiger partial charge >= 0.3 is 6.03 Å². The Hall–Kier alpha value is -0.420. The van der Waals surface area contributed by atoms with Gasteiger partial charge in [0, 0.05) is 19.1 Å². The Balaban J connectivity index is 1.54. The molecule has 0 spiro atoms. The van der Waals surface area contributed by atoms with Gasteiger partial charge in [-0.3, -0.25) is 0 Å². The topological polar surface area (TPSA) is 53.2 Å². The highest BCUT2D eigenvalue weighted by Crippen LogP contribution is 2.21. The van der Waals surface area contributed by atoms with Gasteiger partial charge in [-0.15, -0.1) is 0 Å². The Kier molecular flexibility index (Phi) is 6.14. The van der Waals surface area contributed by atoms with Crippen LogP contribution >= 0.6 is 11.8 Å². The van der Waals surface area contributed by atoms with Crippen LogP contribution in [0.3, 0.4) is 0 Å². The number of carbonyl (C=O) groups excluding carboxylic acids is 1. The van der Waals surface area contributed by atoms with Crippen molar-refractivity contribution in [3.8, 4) is 0 Å². The minimum atomic E-state index is 0.000556. The molecule has 2 rings (SSSR count). The first kappa shape index (κ1) is 14.0. The van der Waals surface area contributed by atoms with E-state index < -0.39 is 0 Å². The highest BCUT2D eigenvalue weighted by Gasteiger charge is 2.16. The van der Waals surface area contributed by atoms with Crippen LogP contribution in [0.1, 0.15) is 32.1 Å². The quantitative estimate of drug-likeness (QED) is 0.727. The maximum Gasteiger partial charge on any atom is 0.314 e. The first-order valence-electron chi connectivity index (χ1n) is 7.17. The summed E-state index contributed by atoms with van der Waals surface area (Å²) in [5.41, 5.74) is 0. The zero-order chi connectivity index (χ0) is 12.6. The lowest BCUT2D eigenvalue weighted by Crippen LogP contribution is -2.47. The molecule has 2 amide bonds. The summed E-state index contributed by atoms with van der Waals surface area (Å²) in [5.74, 6) is 3.18. The van der Waals surface area contributed by atoms with Crippen molar-refractivity contribution >= 4 is 17.8 Å². The number of hydrogen-bond acceptors (Lipinski definition) is 3. The van der Waals surface area contributed by atoms with E-state index in [0.717, 1.165) is 19.6 Å². The molecular formula is C13H25N3OS. The molecular weight excluding hydrogens is 246 g/mol. The summed E-state index contributed by atoms with van der Waals surface area (Å²) < 4.78 is 0. The van der Waals surface area contributed by atoms with Crippen molar-refractivity contribution in [2.24, 2.45) is 5.92 Å². The zero-order valence-electron chi connectivity index (χ0n) is 11.0. The second kappa shape index (κ2) is 7.89. The molecule has 0 aromatic heterocycles. The van der Waals surface area contributed by atoms with Crippen LogP contribution < -0.4 is 16.0 Å². The molecule has 5 heteroatoms. The molecule has 1 unspecified atom stereocenters. The number of nitrogens with one attached hydrogen (secondary N) is 3. The fourth-order valence-corrected chi connectivity index (χ4v) is 3.77. The molecule has 2 saturated heterocycles. The van der Waals surface area contributed by atoms with Crippen molar-refractivity contribution in [2.75, 3.05) is 31.1 Å². The lowest BCUT2D eigenvalue weighted by molar-refractivity contribution is 0.236. The number of carbonyl (C=O) groups is 1. The highest BCUT2D eigenvalue weighted by molar-refractivity contribution is 7.99. The van der Waals surface area contributed by atoms with Crippen molar-refractivity contribution in [2.45, 2.75) is 38.1 Å². The van der Waals surface area contributed by atoms with Crippen molar-refractivity contribution in [1.29, 1.82) is 0 Å². The van der Waals surface area contributed by atoms with Gasteiger partial charge in [-0.25, -0.2) is 4.79 Å². The van der Waals surface area contributed by atoms with Crippen molar-refractivity contribution in [3.63, 3.8) is 0 Å². The summed E-state index contributed by atoms with van der Waals surface area (Å²) in [4.78, 5) is 11.7. The predicted molar refractivity (Wildman–Crippen MR) is 77.1 cm³/mol. The molecule has 2 aliphatic heterocycles. The van der Waals surface area contributed by atoms with Crippen LogP contribution in [0.5, 0.6) is 0 Å². The number of amides is 2. The molecule has 2 fully saturated rings. The number of thioether (sulfide) groups is 1. The fourth-order valence-electron chi connectivity index (χ4n) is 2.56. The first-order valence-corrected chi connectivity index (χ1v) is 8.33. The average Bonchev–Trinajstić information content (AvgIpc) is 2.45. The molecule has 104 valence electrons. The Labute approximate surface area is 114 Å². The molecule has 2 heterocycles. The maximum absolute atomic E-state index is 11.7. The van der Waals surface area contributed by atoms with Crippen LogP contribution in [-0.2, 0) is 0 Å². The van der Waals surface area contributed by atoms with Gasteiger partial charge in [0.1, 0.15) is 0 Å². The summed E-state index contributed by atoms with van der Waals surface area (Å²) in [6.07, 6.45) is 6.22. The largest absolute Gasteiger partial charge is 0.338 e. The van der Waals surface area contributed by atoms with Gasteiger partial charge < -0.3 is 16.0 Å².